The highest BCUT2D eigenvalue weighted by atomic mass is 79.9. The van der Waals surface area contributed by atoms with E-state index in [4.69, 9.17) is 5.73 Å². The molecule has 0 aliphatic rings. The molecule has 0 aliphatic carbocycles. The molecule has 0 saturated heterocycles. The Bertz CT molecular complexity index is 537. The van der Waals surface area contributed by atoms with Crippen molar-refractivity contribution >= 4 is 27.4 Å². The number of halogens is 1. The molecule has 94 valence electrons. The second-order valence-corrected chi connectivity index (χ2v) is 5.22. The molecule has 0 spiro atoms. The highest BCUT2D eigenvalue weighted by Crippen LogP contribution is 2.23. The molecular weight excluding hydrogens is 290 g/mol. The zero-order chi connectivity index (χ0) is 13.1. The molecular formula is C14H16BrN3. The number of aromatic nitrogens is 1. The molecule has 0 amide bonds. The highest BCUT2D eigenvalue weighted by Gasteiger charge is 2.08. The summed E-state index contributed by atoms with van der Waals surface area (Å²) in [6, 6.07) is 12.2. The Hall–Kier alpha value is -1.55. The minimum absolute atomic E-state index is 0.162. The van der Waals surface area contributed by atoms with E-state index in [2.05, 4.69) is 45.3 Å². The SMILES string of the molecule is Cc1ccc(N)c(NC(C)c2ccc(Br)cc2)n1. The van der Waals surface area contributed by atoms with Crippen molar-refractivity contribution in [3.63, 3.8) is 0 Å². The van der Waals surface area contributed by atoms with Crippen molar-refractivity contribution in [3.05, 3.63) is 52.1 Å². The fourth-order valence-electron chi connectivity index (χ4n) is 1.72. The van der Waals surface area contributed by atoms with Crippen LogP contribution in [-0.4, -0.2) is 4.98 Å². The number of rotatable bonds is 3. The lowest BCUT2D eigenvalue weighted by atomic mass is 10.1. The normalized spacial score (nSPS) is 12.2. The number of nitrogens with two attached hydrogens (primary N) is 1. The monoisotopic (exact) mass is 305 g/mol. The first-order valence-electron chi connectivity index (χ1n) is 5.81. The third kappa shape index (κ3) is 3.01. The van der Waals surface area contributed by atoms with E-state index < -0.39 is 0 Å². The number of pyridine rings is 1. The molecule has 0 saturated carbocycles. The van der Waals surface area contributed by atoms with Crippen LogP contribution >= 0.6 is 15.9 Å². The lowest BCUT2D eigenvalue weighted by molar-refractivity contribution is 0.873. The van der Waals surface area contributed by atoms with E-state index in [9.17, 15) is 0 Å². The number of nitrogen functional groups attached to an aromatic ring is 1. The minimum Gasteiger partial charge on any atom is -0.396 e. The quantitative estimate of drug-likeness (QED) is 0.904. The van der Waals surface area contributed by atoms with Crippen LogP contribution in [0.3, 0.4) is 0 Å². The first kappa shape index (κ1) is 12.9. The van der Waals surface area contributed by atoms with Crippen LogP contribution < -0.4 is 11.1 Å². The predicted molar refractivity (Wildman–Crippen MR) is 79.6 cm³/mol. The number of anilines is 2. The average Bonchev–Trinajstić information content (AvgIpc) is 2.34. The number of nitrogens with zero attached hydrogens (tertiary/aromatic N) is 1. The van der Waals surface area contributed by atoms with Crippen LogP contribution in [0.1, 0.15) is 24.2 Å². The first-order chi connectivity index (χ1) is 8.56. The zero-order valence-electron chi connectivity index (χ0n) is 10.4. The Morgan fingerprint density at radius 3 is 2.50 bits per heavy atom. The Morgan fingerprint density at radius 2 is 1.83 bits per heavy atom. The molecule has 2 rings (SSSR count). The summed E-state index contributed by atoms with van der Waals surface area (Å²) in [5.41, 5.74) is 8.73. The van der Waals surface area contributed by atoms with E-state index in [0.717, 1.165) is 16.0 Å². The standard InChI is InChI=1S/C14H16BrN3/c1-9-3-8-13(16)14(17-9)18-10(2)11-4-6-12(15)7-5-11/h3-8,10H,16H2,1-2H3,(H,17,18). The van der Waals surface area contributed by atoms with E-state index >= 15 is 0 Å². The second-order valence-electron chi connectivity index (χ2n) is 4.31. The third-order valence-electron chi connectivity index (χ3n) is 2.79. The summed E-state index contributed by atoms with van der Waals surface area (Å²) >= 11 is 3.43. The van der Waals surface area contributed by atoms with E-state index in [1.54, 1.807) is 0 Å². The number of benzene rings is 1. The molecule has 1 aromatic heterocycles. The highest BCUT2D eigenvalue weighted by molar-refractivity contribution is 9.10. The van der Waals surface area contributed by atoms with E-state index in [0.29, 0.717) is 5.69 Å². The van der Waals surface area contributed by atoms with E-state index in [1.165, 1.54) is 5.56 Å². The van der Waals surface area contributed by atoms with Crippen molar-refractivity contribution in [3.8, 4) is 0 Å². The summed E-state index contributed by atoms with van der Waals surface area (Å²) in [4.78, 5) is 4.41. The summed E-state index contributed by atoms with van der Waals surface area (Å²) in [6.45, 7) is 4.04. The van der Waals surface area contributed by atoms with Crippen molar-refractivity contribution in [2.75, 3.05) is 11.1 Å². The number of aryl methyl sites for hydroxylation is 1. The van der Waals surface area contributed by atoms with Gasteiger partial charge in [0.15, 0.2) is 0 Å². The largest absolute Gasteiger partial charge is 0.396 e. The Kier molecular flexibility index (Phi) is 3.87. The second kappa shape index (κ2) is 5.40. The summed E-state index contributed by atoms with van der Waals surface area (Å²) < 4.78 is 1.08. The van der Waals surface area contributed by atoms with E-state index in [-0.39, 0.29) is 6.04 Å². The van der Waals surface area contributed by atoms with Gasteiger partial charge in [0.05, 0.1) is 11.7 Å². The molecule has 0 bridgehead atoms. The van der Waals surface area contributed by atoms with Gasteiger partial charge in [-0.3, -0.25) is 0 Å². The van der Waals surface area contributed by atoms with Crippen LogP contribution in [0.4, 0.5) is 11.5 Å². The molecule has 0 aliphatic heterocycles. The average molecular weight is 306 g/mol. The molecule has 1 unspecified atom stereocenters. The third-order valence-corrected chi connectivity index (χ3v) is 3.32. The zero-order valence-corrected chi connectivity index (χ0v) is 12.0. The van der Waals surface area contributed by atoms with Gasteiger partial charge in [-0.2, -0.15) is 0 Å². The molecule has 0 fully saturated rings. The summed E-state index contributed by atoms with van der Waals surface area (Å²) in [5, 5.41) is 3.34. The molecule has 0 radical (unpaired) electrons. The molecule has 18 heavy (non-hydrogen) atoms. The molecule has 4 heteroatoms. The van der Waals surface area contributed by atoms with Gasteiger partial charge in [-0.1, -0.05) is 28.1 Å². The number of nitrogens with one attached hydrogen (secondary N) is 1. The van der Waals surface area contributed by atoms with Crippen molar-refractivity contribution in [2.24, 2.45) is 0 Å². The van der Waals surface area contributed by atoms with Gasteiger partial charge in [0.2, 0.25) is 0 Å². The van der Waals surface area contributed by atoms with Crippen LogP contribution in [0.5, 0.6) is 0 Å². The maximum atomic E-state index is 5.91. The first-order valence-corrected chi connectivity index (χ1v) is 6.60. The van der Waals surface area contributed by atoms with Crippen LogP contribution in [0.15, 0.2) is 40.9 Å². The minimum atomic E-state index is 0.162. The maximum absolute atomic E-state index is 5.91. The summed E-state index contributed by atoms with van der Waals surface area (Å²) in [5.74, 6) is 0.741. The predicted octanol–water partition coefficient (Wildman–Crippen LogP) is 3.91. The lowest BCUT2D eigenvalue weighted by Gasteiger charge is -2.16. The smallest absolute Gasteiger partial charge is 0.149 e. The molecule has 1 aromatic carbocycles. The van der Waals surface area contributed by atoms with Crippen molar-refractivity contribution in [1.29, 1.82) is 0 Å². The maximum Gasteiger partial charge on any atom is 0.149 e. The molecule has 3 N–H and O–H groups in total. The van der Waals surface area contributed by atoms with Gasteiger partial charge in [-0.05, 0) is 43.7 Å². The summed E-state index contributed by atoms with van der Waals surface area (Å²) in [6.07, 6.45) is 0. The Balaban J connectivity index is 2.18. The molecule has 1 atom stereocenters. The van der Waals surface area contributed by atoms with Gasteiger partial charge in [-0.25, -0.2) is 4.98 Å². The van der Waals surface area contributed by atoms with Gasteiger partial charge in [0.1, 0.15) is 5.82 Å². The fourth-order valence-corrected chi connectivity index (χ4v) is 1.99. The van der Waals surface area contributed by atoms with Crippen LogP contribution in [-0.2, 0) is 0 Å². The van der Waals surface area contributed by atoms with Gasteiger partial charge in [-0.15, -0.1) is 0 Å². The number of hydrogen-bond donors (Lipinski definition) is 2. The van der Waals surface area contributed by atoms with Crippen LogP contribution in [0.25, 0.3) is 0 Å². The van der Waals surface area contributed by atoms with Crippen molar-refractivity contribution in [1.82, 2.24) is 4.98 Å². The Labute approximate surface area is 116 Å². The Morgan fingerprint density at radius 1 is 1.17 bits per heavy atom. The summed E-state index contributed by atoms with van der Waals surface area (Å²) in [7, 11) is 0. The van der Waals surface area contributed by atoms with E-state index in [1.807, 2.05) is 31.2 Å². The lowest BCUT2D eigenvalue weighted by Crippen LogP contribution is -2.10. The molecule has 1 heterocycles. The van der Waals surface area contributed by atoms with Gasteiger partial charge in [0.25, 0.3) is 0 Å². The van der Waals surface area contributed by atoms with Gasteiger partial charge < -0.3 is 11.1 Å². The van der Waals surface area contributed by atoms with Crippen molar-refractivity contribution in [2.45, 2.75) is 19.9 Å². The van der Waals surface area contributed by atoms with Gasteiger partial charge in [0, 0.05) is 10.2 Å². The van der Waals surface area contributed by atoms with Crippen LogP contribution in [0.2, 0.25) is 0 Å². The molecule has 2 aromatic rings. The topological polar surface area (TPSA) is 50.9 Å². The van der Waals surface area contributed by atoms with Crippen LogP contribution in [0, 0.1) is 6.92 Å². The molecule has 3 nitrogen and oxygen atoms in total. The fraction of sp³-hybridized carbons (Fsp3) is 0.214. The van der Waals surface area contributed by atoms with Gasteiger partial charge >= 0.3 is 0 Å². The number of hydrogen-bond acceptors (Lipinski definition) is 3. The van der Waals surface area contributed by atoms with Crippen molar-refractivity contribution < 1.29 is 0 Å².